The zero-order chi connectivity index (χ0) is 51.9. The molecule has 0 saturated heterocycles. The first-order valence-corrected chi connectivity index (χ1v) is 26.4. The second-order valence-electron chi connectivity index (χ2n) is 13.6. The minimum Gasteiger partial charge on any atom is -0.505 e. The first-order chi connectivity index (χ1) is 33.4. The lowest BCUT2D eigenvalue weighted by Crippen LogP contribution is -2.12. The average molecular weight is 1120 g/mol. The first kappa shape index (κ1) is 54.1. The minimum atomic E-state index is -5.27. The largest absolute Gasteiger partial charge is 0.505 e. The summed E-state index contributed by atoms with van der Waals surface area (Å²) in [5.74, 6) is -1.82. The van der Waals surface area contributed by atoms with Gasteiger partial charge in [-0.15, -0.1) is 29.1 Å². The highest BCUT2D eigenvalue weighted by Crippen LogP contribution is 2.49. The predicted molar refractivity (Wildman–Crippen MR) is 254 cm³/mol. The number of sulfone groups is 1. The van der Waals surface area contributed by atoms with E-state index in [2.05, 4.69) is 54.2 Å². The first-order valence-electron chi connectivity index (χ1n) is 18.6. The number of sulfonamides is 1. The van der Waals surface area contributed by atoms with Crippen molar-refractivity contribution in [1.82, 2.24) is 0 Å². The van der Waals surface area contributed by atoms with Gasteiger partial charge in [0.15, 0.2) is 27.9 Å². The third-order valence-corrected chi connectivity index (χ3v) is 15.3. The summed E-state index contributed by atoms with van der Waals surface area (Å²) < 4.78 is 138. The Balaban J connectivity index is 1.30. The van der Waals surface area contributed by atoms with E-state index in [1.807, 2.05) is 0 Å². The Morgan fingerprint density at radius 3 is 1.86 bits per heavy atom. The van der Waals surface area contributed by atoms with Crippen LogP contribution < -0.4 is 21.9 Å². The molecule has 6 rings (SSSR count). The molecule has 0 spiro atoms. The van der Waals surface area contributed by atoms with Gasteiger partial charge in [-0.1, -0.05) is 21.7 Å². The number of nitrogens with two attached hydrogens (primary N) is 3. The van der Waals surface area contributed by atoms with Crippen LogP contribution in [0.4, 0.5) is 56.9 Å². The molecular weight excluding hydrogens is 1090 g/mol. The summed E-state index contributed by atoms with van der Waals surface area (Å²) in [4.78, 5) is -3.23. The maximum atomic E-state index is 13.2. The minimum absolute atomic E-state index is 0.0876. The fourth-order valence-corrected chi connectivity index (χ4v) is 10.4. The molecular formula is C36H31ClN10O18S6. The average Bonchev–Trinajstić information content (AvgIpc) is 3.31. The summed E-state index contributed by atoms with van der Waals surface area (Å²) in [6.07, 6.45) is 0. The van der Waals surface area contributed by atoms with Crippen LogP contribution in [0.5, 0.6) is 5.75 Å². The zero-order valence-corrected chi connectivity index (χ0v) is 40.5. The number of anilines is 4. The molecule has 0 amide bonds. The van der Waals surface area contributed by atoms with Crippen LogP contribution in [0.1, 0.15) is 0 Å². The van der Waals surface area contributed by atoms with Crippen molar-refractivity contribution in [2.45, 2.75) is 24.5 Å². The Hall–Kier alpha value is -6.19. The van der Waals surface area contributed by atoms with Crippen molar-refractivity contribution in [2.24, 2.45) is 30.7 Å². The monoisotopic (exact) mass is 1120 g/mol. The quantitative estimate of drug-likeness (QED) is 0.00618. The summed E-state index contributed by atoms with van der Waals surface area (Å²) >= 11 is 6.30. The van der Waals surface area contributed by atoms with Crippen molar-refractivity contribution in [3.63, 3.8) is 0 Å². The summed E-state index contributed by atoms with van der Waals surface area (Å²) in [7, 11) is -19.0. The van der Waals surface area contributed by atoms with Crippen LogP contribution in [-0.2, 0) is 63.0 Å². The highest BCUT2D eigenvalue weighted by atomic mass is 35.5. The summed E-state index contributed by atoms with van der Waals surface area (Å²) in [6.45, 7) is -0.540. The van der Waals surface area contributed by atoms with E-state index in [-0.39, 0.29) is 73.0 Å². The van der Waals surface area contributed by atoms with Crippen LogP contribution in [0.25, 0.3) is 10.8 Å². The van der Waals surface area contributed by atoms with Crippen LogP contribution in [0.15, 0.2) is 146 Å². The van der Waals surface area contributed by atoms with Gasteiger partial charge in [0.1, 0.15) is 32.5 Å². The molecule has 0 aliphatic carbocycles. The van der Waals surface area contributed by atoms with Crippen LogP contribution in [-0.4, -0.2) is 70.8 Å². The Bertz CT molecular complexity index is 3560. The lowest BCUT2D eigenvalue weighted by molar-refractivity contribution is -0.434. The number of hydrogen-bond acceptors (Lipinski definition) is 27. The fraction of sp³-hybridized carbons (Fsp3) is 0.0556. The molecule has 0 unspecified atom stereocenters. The van der Waals surface area contributed by atoms with E-state index >= 15 is 0 Å². The maximum absolute atomic E-state index is 13.2. The molecule has 6 aromatic carbocycles. The van der Waals surface area contributed by atoms with Gasteiger partial charge in [-0.25, -0.2) is 27.4 Å². The molecule has 0 saturated carbocycles. The number of benzene rings is 6. The van der Waals surface area contributed by atoms with E-state index < -0.39 is 101 Å². The second kappa shape index (κ2) is 22.5. The summed E-state index contributed by atoms with van der Waals surface area (Å²) in [5.41, 5.74) is 16.6. The van der Waals surface area contributed by atoms with Crippen molar-refractivity contribution >= 4 is 144 Å². The highest BCUT2D eigenvalue weighted by molar-refractivity contribution is 7.95. The molecule has 12 N–H and O–H groups in total. The molecule has 376 valence electrons. The molecule has 28 nitrogen and oxygen atoms in total. The molecule has 35 heteroatoms. The van der Waals surface area contributed by atoms with Crippen LogP contribution in [0, 0.1) is 0 Å². The molecule has 0 aromatic heterocycles. The normalized spacial score (nSPS) is 12.7. The van der Waals surface area contributed by atoms with Crippen molar-refractivity contribution in [3.8, 4) is 5.75 Å². The van der Waals surface area contributed by atoms with E-state index in [0.29, 0.717) is 11.8 Å². The van der Waals surface area contributed by atoms with Gasteiger partial charge in [-0.05, 0) is 91.0 Å². The van der Waals surface area contributed by atoms with Crippen molar-refractivity contribution in [3.05, 3.63) is 96.0 Å². The van der Waals surface area contributed by atoms with E-state index in [1.54, 1.807) is 0 Å². The topological polar surface area (TPSA) is 448 Å². The van der Waals surface area contributed by atoms with Gasteiger partial charge in [-0.2, -0.15) is 27.1 Å². The molecule has 6 aromatic rings. The van der Waals surface area contributed by atoms with E-state index in [4.69, 9.17) is 43.5 Å². The van der Waals surface area contributed by atoms with Crippen molar-refractivity contribution in [2.75, 3.05) is 34.3 Å². The van der Waals surface area contributed by atoms with Gasteiger partial charge < -0.3 is 22.3 Å². The SMILES string of the molecule is Nc1cc(N)c(N=Nc2ccc(NS(=O)(=O)c3ccc(N=Nc4c(S(=O)(=O)O)cc5c(SOOO)cc(N=Nc6ccc(S(=O)(=O)CCOSOOO)cc6S(=O)(=O)O)c(N)c5c4O)cc3)cc2)cc1Cl. The van der Waals surface area contributed by atoms with Gasteiger partial charge in [0, 0.05) is 16.0 Å². The van der Waals surface area contributed by atoms with Gasteiger partial charge in [-0.3, -0.25) is 18.0 Å². The Labute approximate surface area is 413 Å². The van der Waals surface area contributed by atoms with Crippen molar-refractivity contribution < 1.29 is 81.3 Å². The molecule has 0 atom stereocenters. The summed E-state index contributed by atoms with van der Waals surface area (Å²) in [6, 6.07) is 17.3. The Morgan fingerprint density at radius 2 is 1.23 bits per heavy atom. The number of azo groups is 3. The van der Waals surface area contributed by atoms with E-state index in [1.165, 1.54) is 48.5 Å². The number of nitrogens with zero attached hydrogens (tertiary/aromatic N) is 6. The Kier molecular flexibility index (Phi) is 17.1. The van der Waals surface area contributed by atoms with Crippen molar-refractivity contribution in [1.29, 1.82) is 0 Å². The number of rotatable bonds is 21. The standard InChI is InChI=1S/C36H31ClN10O18S6/c37-24-15-28(26(39)16-25(24)38)44-41-18-1-3-20(4-2-18)47-69(53,54)21-7-5-19(6-8-21)42-46-35-32(71(58,59)60)14-23-30(66-64-62-49)17-29(34(40)33(23)36(35)48)45-43-27-10-9-22(13-31(27)70(55,56)57)68(51,52)12-11-61-67-65-63-50/h1-10,13-17,47-50H,11-12,38-40H2,(H,55,56,57)(H,58,59,60). The third kappa shape index (κ3) is 13.4. The lowest BCUT2D eigenvalue weighted by Gasteiger charge is -2.14. The molecule has 0 heterocycles. The number of phenols is 1. The smallest absolute Gasteiger partial charge is 0.296 e. The number of nitrogen functional groups attached to an aromatic ring is 3. The molecule has 0 radical (unpaired) electrons. The summed E-state index contributed by atoms with van der Waals surface area (Å²) in [5, 5.41) is 58.4. The molecule has 0 aliphatic heterocycles. The van der Waals surface area contributed by atoms with Crippen LogP contribution in [0.2, 0.25) is 5.02 Å². The number of hydrogen-bond donors (Lipinski definition) is 9. The van der Waals surface area contributed by atoms with Gasteiger partial charge in [0.25, 0.3) is 30.3 Å². The molecule has 0 fully saturated rings. The third-order valence-electron chi connectivity index (χ3n) is 9.08. The number of halogens is 1. The zero-order valence-electron chi connectivity index (χ0n) is 34.9. The number of nitrogens with one attached hydrogen (secondary N) is 1. The molecule has 0 bridgehead atoms. The predicted octanol–water partition coefficient (Wildman–Crippen LogP) is 8.69. The van der Waals surface area contributed by atoms with Gasteiger partial charge >= 0.3 is 0 Å². The van der Waals surface area contributed by atoms with Gasteiger partial charge in [0.05, 0.1) is 73.0 Å². The molecule has 71 heavy (non-hydrogen) atoms. The maximum Gasteiger partial charge on any atom is 0.296 e. The fourth-order valence-electron chi connectivity index (χ4n) is 5.82. The van der Waals surface area contributed by atoms with Gasteiger partial charge in [0.2, 0.25) is 0 Å². The number of aromatic hydroxyl groups is 1. The highest BCUT2D eigenvalue weighted by Gasteiger charge is 2.27. The lowest BCUT2D eigenvalue weighted by atomic mass is 10.0. The van der Waals surface area contributed by atoms with E-state index in [9.17, 15) is 47.9 Å². The van der Waals surface area contributed by atoms with E-state index in [0.717, 1.165) is 36.4 Å². The Morgan fingerprint density at radius 1 is 0.634 bits per heavy atom. The van der Waals surface area contributed by atoms with Crippen LogP contribution >= 0.6 is 36.0 Å². The second-order valence-corrected chi connectivity index (χ2v) is 21.9. The number of fused-ring (bicyclic) bond motifs is 1. The van der Waals surface area contributed by atoms with Crippen LogP contribution in [0.3, 0.4) is 0 Å². The molecule has 0 aliphatic rings. The number of phenolic OH excluding ortho intramolecular Hbond substituents is 1.